The molecule has 0 bridgehead atoms. The number of fused-ring (bicyclic) bond motifs is 1. The minimum atomic E-state index is -0.0489. The molecule has 0 radical (unpaired) electrons. The number of hydrogen-bond donors (Lipinski definition) is 1. The summed E-state index contributed by atoms with van der Waals surface area (Å²) in [4.78, 5) is 17.7. The van der Waals surface area contributed by atoms with Crippen molar-refractivity contribution in [2.24, 2.45) is 4.99 Å². The summed E-state index contributed by atoms with van der Waals surface area (Å²) in [6, 6.07) is 5.36. The van der Waals surface area contributed by atoms with Crippen molar-refractivity contribution >= 4 is 34.2 Å². The highest BCUT2D eigenvalue weighted by molar-refractivity contribution is 8.13. The normalized spacial score (nSPS) is 14.3. The van der Waals surface area contributed by atoms with Gasteiger partial charge in [0.15, 0.2) is 18.0 Å². The number of carbonyl (C=O) groups excluding carboxylic acids is 1. The number of ether oxygens (including phenoxy) is 1. The van der Waals surface area contributed by atoms with Crippen LogP contribution in [0.25, 0.3) is 0 Å². The monoisotopic (exact) mass is 290 g/mol. The van der Waals surface area contributed by atoms with E-state index in [0.29, 0.717) is 23.1 Å². The van der Waals surface area contributed by atoms with E-state index in [2.05, 4.69) is 10.3 Å². The van der Waals surface area contributed by atoms with E-state index < -0.39 is 0 Å². The van der Waals surface area contributed by atoms with Gasteiger partial charge in [0.2, 0.25) is 0 Å². The Morgan fingerprint density at radius 3 is 3.10 bits per heavy atom. The number of hydrogen-bond acceptors (Lipinski definition) is 5. The van der Waals surface area contributed by atoms with Crippen LogP contribution in [0.3, 0.4) is 0 Å². The van der Waals surface area contributed by atoms with Crippen LogP contribution in [0.15, 0.2) is 23.2 Å². The Morgan fingerprint density at radius 1 is 1.65 bits per heavy atom. The number of aliphatic imine (C=N–C) groups is 1. The van der Waals surface area contributed by atoms with Crippen molar-refractivity contribution in [1.29, 1.82) is 5.26 Å². The van der Waals surface area contributed by atoms with Crippen LogP contribution in [-0.4, -0.2) is 30.5 Å². The predicted octanol–water partition coefficient (Wildman–Crippen LogP) is 1.85. The van der Waals surface area contributed by atoms with E-state index in [4.69, 9.17) is 10.00 Å². The SMILES string of the molecule is CCN1C(=O)COc2cc(N=C(NC#N)SC)ccc21. The molecule has 1 heterocycles. The van der Waals surface area contributed by atoms with Crippen molar-refractivity contribution < 1.29 is 9.53 Å². The summed E-state index contributed by atoms with van der Waals surface area (Å²) in [5, 5.41) is 11.6. The molecule has 1 aromatic carbocycles. The highest BCUT2D eigenvalue weighted by Gasteiger charge is 2.24. The lowest BCUT2D eigenvalue weighted by Gasteiger charge is -2.28. The lowest BCUT2D eigenvalue weighted by Crippen LogP contribution is -2.38. The number of anilines is 1. The zero-order chi connectivity index (χ0) is 14.5. The van der Waals surface area contributed by atoms with Crippen LogP contribution in [0.4, 0.5) is 11.4 Å². The number of rotatable bonds is 2. The Balaban J connectivity index is 2.33. The predicted molar refractivity (Wildman–Crippen MR) is 79.3 cm³/mol. The number of nitrogens with zero attached hydrogens (tertiary/aromatic N) is 3. The number of nitrogens with one attached hydrogen (secondary N) is 1. The molecule has 1 amide bonds. The van der Waals surface area contributed by atoms with E-state index in [1.807, 2.05) is 19.4 Å². The van der Waals surface area contributed by atoms with E-state index >= 15 is 0 Å². The van der Waals surface area contributed by atoms with E-state index in [-0.39, 0.29) is 12.5 Å². The zero-order valence-corrected chi connectivity index (χ0v) is 12.0. The fourth-order valence-electron chi connectivity index (χ4n) is 1.90. The molecule has 0 saturated carbocycles. The van der Waals surface area contributed by atoms with Gasteiger partial charge in [0.1, 0.15) is 5.75 Å². The topological polar surface area (TPSA) is 77.7 Å². The molecule has 6 nitrogen and oxygen atoms in total. The lowest BCUT2D eigenvalue weighted by molar-refractivity contribution is -0.121. The molecule has 104 valence electrons. The Bertz CT molecular complexity index is 595. The molecule has 2 rings (SSSR count). The molecule has 1 N–H and O–H groups in total. The quantitative estimate of drug-likeness (QED) is 0.389. The first kappa shape index (κ1) is 14.2. The molecule has 0 saturated heterocycles. The van der Waals surface area contributed by atoms with Crippen LogP contribution in [0.5, 0.6) is 5.75 Å². The first-order valence-corrected chi connectivity index (χ1v) is 7.27. The van der Waals surface area contributed by atoms with Gasteiger partial charge >= 0.3 is 0 Å². The van der Waals surface area contributed by atoms with Gasteiger partial charge in [-0.25, -0.2) is 4.99 Å². The van der Waals surface area contributed by atoms with Gasteiger partial charge in [-0.2, -0.15) is 5.26 Å². The van der Waals surface area contributed by atoms with Crippen molar-refractivity contribution in [1.82, 2.24) is 5.32 Å². The van der Waals surface area contributed by atoms with E-state index in [0.717, 1.165) is 5.69 Å². The number of amidine groups is 1. The summed E-state index contributed by atoms with van der Waals surface area (Å²) in [7, 11) is 0. The molecule has 0 atom stereocenters. The number of likely N-dealkylation sites (N-methyl/N-ethyl adjacent to an activating group) is 1. The molecular formula is C13H14N4O2S. The van der Waals surface area contributed by atoms with Gasteiger partial charge in [0.25, 0.3) is 5.91 Å². The van der Waals surface area contributed by atoms with Crippen LogP contribution < -0.4 is 15.0 Å². The third-order valence-electron chi connectivity index (χ3n) is 2.79. The fraction of sp³-hybridized carbons (Fsp3) is 0.308. The van der Waals surface area contributed by atoms with Crippen molar-refractivity contribution in [3.63, 3.8) is 0 Å². The molecule has 1 aromatic rings. The summed E-state index contributed by atoms with van der Waals surface area (Å²) in [6.45, 7) is 2.56. The zero-order valence-electron chi connectivity index (χ0n) is 11.2. The summed E-state index contributed by atoms with van der Waals surface area (Å²) >= 11 is 1.34. The smallest absolute Gasteiger partial charge is 0.265 e. The second-order valence-electron chi connectivity index (χ2n) is 3.94. The second kappa shape index (κ2) is 6.30. The maximum absolute atomic E-state index is 11.7. The number of thioether (sulfide) groups is 1. The first-order valence-electron chi connectivity index (χ1n) is 6.04. The summed E-state index contributed by atoms with van der Waals surface area (Å²) in [5.41, 5.74) is 1.42. The fourth-order valence-corrected chi connectivity index (χ4v) is 2.24. The van der Waals surface area contributed by atoms with Gasteiger partial charge in [-0.3, -0.25) is 10.1 Å². The molecular weight excluding hydrogens is 276 g/mol. The summed E-state index contributed by atoms with van der Waals surface area (Å²) in [6.07, 6.45) is 3.67. The molecule has 0 spiro atoms. The minimum Gasteiger partial charge on any atom is -0.481 e. The third kappa shape index (κ3) is 2.86. The van der Waals surface area contributed by atoms with Crippen LogP contribution in [-0.2, 0) is 4.79 Å². The van der Waals surface area contributed by atoms with E-state index in [9.17, 15) is 4.79 Å². The van der Waals surface area contributed by atoms with Gasteiger partial charge in [0, 0.05) is 12.6 Å². The average molecular weight is 290 g/mol. The Labute approximate surface area is 121 Å². The molecule has 20 heavy (non-hydrogen) atoms. The van der Waals surface area contributed by atoms with Gasteiger partial charge in [-0.15, -0.1) is 0 Å². The Morgan fingerprint density at radius 2 is 2.45 bits per heavy atom. The summed E-state index contributed by atoms with van der Waals surface area (Å²) in [5.74, 6) is 0.581. The number of nitriles is 1. The number of benzene rings is 1. The van der Waals surface area contributed by atoms with Crippen molar-refractivity contribution in [3.05, 3.63) is 18.2 Å². The second-order valence-corrected chi connectivity index (χ2v) is 4.73. The maximum Gasteiger partial charge on any atom is 0.265 e. The first-order chi connectivity index (χ1) is 9.69. The van der Waals surface area contributed by atoms with Gasteiger partial charge in [-0.05, 0) is 25.3 Å². The minimum absolute atomic E-state index is 0.0415. The maximum atomic E-state index is 11.7. The van der Waals surface area contributed by atoms with Gasteiger partial charge in [0.05, 0.1) is 11.4 Å². The van der Waals surface area contributed by atoms with Crippen molar-refractivity contribution in [2.75, 3.05) is 24.3 Å². The van der Waals surface area contributed by atoms with Crippen molar-refractivity contribution in [2.45, 2.75) is 6.92 Å². The van der Waals surface area contributed by atoms with Crippen LogP contribution in [0.2, 0.25) is 0 Å². The number of amides is 1. The van der Waals surface area contributed by atoms with Gasteiger partial charge in [-0.1, -0.05) is 11.8 Å². The molecule has 0 fully saturated rings. The summed E-state index contributed by atoms with van der Waals surface area (Å²) < 4.78 is 5.43. The highest BCUT2D eigenvalue weighted by Crippen LogP contribution is 2.35. The lowest BCUT2D eigenvalue weighted by atomic mass is 10.2. The van der Waals surface area contributed by atoms with Crippen molar-refractivity contribution in [3.8, 4) is 11.9 Å². The standard InChI is InChI=1S/C13H14N4O2S/c1-3-17-10-5-4-9(16-13(20-2)15-8-14)6-11(10)19-7-12(17)18/h4-6H,3,7H2,1-2H3,(H,15,16). The Hall–Kier alpha value is -2.20. The van der Waals surface area contributed by atoms with E-state index in [1.54, 1.807) is 23.1 Å². The molecule has 0 unspecified atom stereocenters. The van der Waals surface area contributed by atoms with Gasteiger partial charge < -0.3 is 9.64 Å². The molecule has 7 heteroatoms. The average Bonchev–Trinajstić information content (AvgIpc) is 2.47. The van der Waals surface area contributed by atoms with Crippen LogP contribution in [0.1, 0.15) is 6.92 Å². The third-order valence-corrected chi connectivity index (χ3v) is 3.37. The molecule has 1 aliphatic rings. The van der Waals surface area contributed by atoms with Crippen LogP contribution in [0, 0.1) is 11.5 Å². The largest absolute Gasteiger partial charge is 0.481 e. The highest BCUT2D eigenvalue weighted by atomic mass is 32.2. The van der Waals surface area contributed by atoms with Crippen LogP contribution >= 0.6 is 11.8 Å². The van der Waals surface area contributed by atoms with E-state index in [1.165, 1.54) is 11.8 Å². The molecule has 0 aliphatic carbocycles. The molecule has 0 aromatic heterocycles. The Kier molecular flexibility index (Phi) is 4.48. The number of carbonyl (C=O) groups is 1. The molecule has 1 aliphatic heterocycles.